The van der Waals surface area contributed by atoms with Crippen LogP contribution < -0.4 is 0 Å². The van der Waals surface area contributed by atoms with E-state index in [9.17, 15) is 9.59 Å². The third kappa shape index (κ3) is 4.17. The zero-order chi connectivity index (χ0) is 20.7. The van der Waals surface area contributed by atoms with Crippen LogP contribution in [-0.2, 0) is 14.3 Å². The van der Waals surface area contributed by atoms with Crippen LogP contribution in [0.25, 0.3) is 0 Å². The molecule has 6 atom stereocenters. The maximum Gasteiger partial charge on any atom is 0.139 e. The fourth-order valence-electron chi connectivity index (χ4n) is 7.93. The molecule has 1 saturated heterocycles. The summed E-state index contributed by atoms with van der Waals surface area (Å²) in [6.07, 6.45) is 17.8. The van der Waals surface area contributed by atoms with E-state index in [-0.39, 0.29) is 11.8 Å². The summed E-state index contributed by atoms with van der Waals surface area (Å²) in [5.41, 5.74) is 0. The molecule has 0 bridgehead atoms. The van der Waals surface area contributed by atoms with Gasteiger partial charge >= 0.3 is 0 Å². The molecule has 0 radical (unpaired) electrons. The SMILES string of the molecule is CC1CCC(C(=O)C2CCC3OC4CCC(C(=O)C5CCCCC5)CC4C3C2)CC1. The van der Waals surface area contributed by atoms with E-state index in [4.69, 9.17) is 4.74 Å². The van der Waals surface area contributed by atoms with Gasteiger partial charge in [-0.25, -0.2) is 0 Å². The summed E-state index contributed by atoms with van der Waals surface area (Å²) in [7, 11) is 0. The van der Waals surface area contributed by atoms with Crippen LogP contribution in [0.1, 0.15) is 103 Å². The first-order chi connectivity index (χ1) is 14.6. The van der Waals surface area contributed by atoms with Crippen molar-refractivity contribution in [2.45, 2.75) is 115 Å². The van der Waals surface area contributed by atoms with Crippen molar-refractivity contribution in [3.8, 4) is 0 Å². The van der Waals surface area contributed by atoms with Crippen molar-refractivity contribution >= 4 is 11.6 Å². The van der Waals surface area contributed by atoms with E-state index in [0.717, 1.165) is 70.1 Å². The third-order valence-corrected chi connectivity index (χ3v) is 9.80. The Morgan fingerprint density at radius 1 is 0.567 bits per heavy atom. The number of Topliss-reactive ketones (excluding diaryl/α,β-unsaturated/α-hetero) is 2. The predicted molar refractivity (Wildman–Crippen MR) is 118 cm³/mol. The maximum absolute atomic E-state index is 13.3. The Hall–Kier alpha value is -0.700. The van der Waals surface area contributed by atoms with Crippen LogP contribution in [0, 0.1) is 41.4 Å². The van der Waals surface area contributed by atoms with Gasteiger partial charge in [0.25, 0.3) is 0 Å². The second-order valence-electron chi connectivity index (χ2n) is 11.7. The van der Waals surface area contributed by atoms with E-state index in [1.165, 1.54) is 32.1 Å². The van der Waals surface area contributed by atoms with E-state index in [2.05, 4.69) is 6.92 Å². The van der Waals surface area contributed by atoms with E-state index < -0.39 is 0 Å². The van der Waals surface area contributed by atoms with Gasteiger partial charge in [-0.05, 0) is 82.0 Å². The number of fused-ring (bicyclic) bond motifs is 3. The summed E-state index contributed by atoms with van der Waals surface area (Å²) >= 11 is 0. The Morgan fingerprint density at radius 2 is 1.03 bits per heavy atom. The van der Waals surface area contributed by atoms with Gasteiger partial charge in [-0.2, -0.15) is 0 Å². The van der Waals surface area contributed by atoms with Crippen LogP contribution in [0.4, 0.5) is 0 Å². The molecule has 5 rings (SSSR count). The predicted octanol–water partition coefficient (Wildman–Crippen LogP) is 6.13. The van der Waals surface area contributed by atoms with Gasteiger partial charge in [0, 0.05) is 23.7 Å². The monoisotopic (exact) mass is 414 g/mol. The highest BCUT2D eigenvalue weighted by Gasteiger charge is 2.51. The first-order valence-corrected chi connectivity index (χ1v) is 13.3. The van der Waals surface area contributed by atoms with Gasteiger partial charge in [0.15, 0.2) is 0 Å². The summed E-state index contributed by atoms with van der Waals surface area (Å²) in [4.78, 5) is 26.5. The smallest absolute Gasteiger partial charge is 0.139 e. The Balaban J connectivity index is 1.21. The zero-order valence-corrected chi connectivity index (χ0v) is 19.0. The molecule has 0 N–H and O–H groups in total. The lowest BCUT2D eigenvalue weighted by atomic mass is 9.64. The number of carbonyl (C=O) groups is 2. The highest BCUT2D eigenvalue weighted by molar-refractivity contribution is 5.84. The molecule has 0 aromatic heterocycles. The molecule has 0 aromatic rings. The molecule has 4 saturated carbocycles. The Morgan fingerprint density at radius 3 is 1.57 bits per heavy atom. The highest BCUT2D eigenvalue weighted by atomic mass is 16.5. The van der Waals surface area contributed by atoms with Gasteiger partial charge in [-0.1, -0.05) is 39.0 Å². The van der Waals surface area contributed by atoms with Crippen molar-refractivity contribution in [2.24, 2.45) is 41.4 Å². The molecular weight excluding hydrogens is 372 g/mol. The third-order valence-electron chi connectivity index (χ3n) is 9.80. The lowest BCUT2D eigenvalue weighted by Crippen LogP contribution is -2.38. The summed E-state index contributed by atoms with van der Waals surface area (Å²) in [6, 6.07) is 0. The van der Waals surface area contributed by atoms with Crippen LogP contribution >= 0.6 is 0 Å². The molecule has 168 valence electrons. The number of hydrogen-bond donors (Lipinski definition) is 0. The fourth-order valence-corrected chi connectivity index (χ4v) is 7.93. The summed E-state index contributed by atoms with van der Waals surface area (Å²) in [5.74, 6) is 4.22. The van der Waals surface area contributed by atoms with Gasteiger partial charge < -0.3 is 4.74 Å². The summed E-state index contributed by atoms with van der Waals surface area (Å²) in [6.45, 7) is 2.33. The molecule has 5 fully saturated rings. The lowest BCUT2D eigenvalue weighted by molar-refractivity contribution is -0.131. The Kier molecular flexibility index (Phi) is 6.38. The molecule has 3 nitrogen and oxygen atoms in total. The standard InChI is InChI=1S/C27H42O3/c1-17-7-9-19(10-8-17)27(29)21-12-14-25-23(16-21)22-15-20(11-13-24(22)30-25)26(28)18-5-3-2-4-6-18/h17-25H,2-16H2,1H3. The van der Waals surface area contributed by atoms with Crippen molar-refractivity contribution < 1.29 is 14.3 Å². The second-order valence-corrected chi connectivity index (χ2v) is 11.7. The molecule has 0 amide bonds. The van der Waals surface area contributed by atoms with Crippen molar-refractivity contribution in [1.82, 2.24) is 0 Å². The van der Waals surface area contributed by atoms with E-state index in [1.54, 1.807) is 0 Å². The minimum atomic E-state index is 0.265. The van der Waals surface area contributed by atoms with Gasteiger partial charge in [0.2, 0.25) is 0 Å². The largest absolute Gasteiger partial charge is 0.374 e. The van der Waals surface area contributed by atoms with Crippen LogP contribution in [0.5, 0.6) is 0 Å². The first-order valence-electron chi connectivity index (χ1n) is 13.3. The average Bonchev–Trinajstić information content (AvgIpc) is 3.16. The average molecular weight is 415 g/mol. The first kappa shape index (κ1) is 21.2. The molecule has 3 heteroatoms. The Bertz CT molecular complexity index is 628. The number of hydrogen-bond acceptors (Lipinski definition) is 3. The normalized spacial score (nSPS) is 44.8. The van der Waals surface area contributed by atoms with Gasteiger partial charge in [0.1, 0.15) is 11.6 Å². The molecule has 1 heterocycles. The molecule has 1 aliphatic heterocycles. The van der Waals surface area contributed by atoms with Crippen molar-refractivity contribution in [1.29, 1.82) is 0 Å². The number of carbonyl (C=O) groups excluding carboxylic acids is 2. The van der Waals surface area contributed by atoms with Crippen molar-refractivity contribution in [2.75, 3.05) is 0 Å². The van der Waals surface area contributed by atoms with Crippen LogP contribution in [-0.4, -0.2) is 23.8 Å². The van der Waals surface area contributed by atoms with Crippen molar-refractivity contribution in [3.05, 3.63) is 0 Å². The van der Waals surface area contributed by atoms with Crippen LogP contribution in [0.15, 0.2) is 0 Å². The maximum atomic E-state index is 13.3. The number of ether oxygens (including phenoxy) is 1. The lowest BCUT2D eigenvalue weighted by Gasteiger charge is -2.38. The fraction of sp³-hybridized carbons (Fsp3) is 0.926. The van der Waals surface area contributed by atoms with Gasteiger partial charge in [-0.15, -0.1) is 0 Å². The number of ketones is 2. The van der Waals surface area contributed by atoms with Gasteiger partial charge in [0.05, 0.1) is 12.2 Å². The van der Waals surface area contributed by atoms with Crippen LogP contribution in [0.2, 0.25) is 0 Å². The van der Waals surface area contributed by atoms with E-state index in [1.807, 2.05) is 0 Å². The summed E-state index contributed by atoms with van der Waals surface area (Å²) in [5, 5.41) is 0. The minimum absolute atomic E-state index is 0.265. The number of rotatable bonds is 4. The molecule has 4 aliphatic carbocycles. The molecule has 0 spiro atoms. The molecular formula is C27H42O3. The quantitative estimate of drug-likeness (QED) is 0.555. The zero-order valence-electron chi connectivity index (χ0n) is 19.0. The van der Waals surface area contributed by atoms with Crippen molar-refractivity contribution in [3.63, 3.8) is 0 Å². The molecule has 30 heavy (non-hydrogen) atoms. The molecule has 6 unspecified atom stereocenters. The second kappa shape index (κ2) is 9.04. The van der Waals surface area contributed by atoms with Crippen LogP contribution in [0.3, 0.4) is 0 Å². The molecule has 5 aliphatic rings. The highest BCUT2D eigenvalue weighted by Crippen LogP contribution is 2.51. The Labute approximate surface area is 183 Å². The van der Waals surface area contributed by atoms with Gasteiger partial charge in [-0.3, -0.25) is 9.59 Å². The topological polar surface area (TPSA) is 43.4 Å². The van der Waals surface area contributed by atoms with E-state index >= 15 is 0 Å². The minimum Gasteiger partial charge on any atom is -0.374 e. The van der Waals surface area contributed by atoms with E-state index in [0.29, 0.717) is 47.4 Å². The summed E-state index contributed by atoms with van der Waals surface area (Å²) < 4.78 is 6.51. The molecule has 0 aromatic carbocycles.